The van der Waals surface area contributed by atoms with E-state index in [0.717, 1.165) is 0 Å². The molecular weight excluding hydrogens is 264 g/mol. The molecule has 9 heteroatoms. The normalized spacial score (nSPS) is 11.0. The molecule has 0 atom stereocenters. The first kappa shape index (κ1) is 14.2. The van der Waals surface area contributed by atoms with Crippen molar-refractivity contribution in [3.05, 3.63) is 28.3 Å². The maximum absolute atomic E-state index is 10.7. The summed E-state index contributed by atoms with van der Waals surface area (Å²) in [4.78, 5) is 9.97. The molecule has 0 fully saturated rings. The molecule has 100 valence electrons. The van der Waals surface area contributed by atoms with Gasteiger partial charge in [0.05, 0.1) is 23.9 Å². The molecule has 1 aromatic rings. The molecule has 8 nitrogen and oxygen atoms in total. The van der Waals surface area contributed by atoms with Crippen molar-refractivity contribution in [3.8, 4) is 11.5 Å². The van der Waals surface area contributed by atoms with Crippen LogP contribution in [-0.2, 0) is 10.0 Å². The molecule has 0 heterocycles. The molecule has 0 saturated heterocycles. The van der Waals surface area contributed by atoms with Gasteiger partial charge in [0.1, 0.15) is 6.61 Å². The number of nitrogens with zero attached hydrogens (tertiary/aromatic N) is 1. The molecule has 0 aromatic heterocycles. The van der Waals surface area contributed by atoms with Crippen molar-refractivity contribution in [1.29, 1.82) is 0 Å². The maximum Gasteiger partial charge on any atom is 0.273 e. The molecule has 0 radical (unpaired) electrons. The van der Waals surface area contributed by atoms with Gasteiger partial charge in [-0.1, -0.05) is 0 Å². The largest absolute Gasteiger partial charge is 0.493 e. The van der Waals surface area contributed by atoms with Crippen molar-refractivity contribution in [3.63, 3.8) is 0 Å². The Hall–Kier alpha value is -1.87. The van der Waals surface area contributed by atoms with E-state index in [9.17, 15) is 18.5 Å². The van der Waals surface area contributed by atoms with Crippen LogP contribution in [0.1, 0.15) is 0 Å². The molecule has 0 aliphatic carbocycles. The average Bonchev–Trinajstić information content (AvgIpc) is 2.27. The van der Waals surface area contributed by atoms with Gasteiger partial charge >= 0.3 is 0 Å². The van der Waals surface area contributed by atoms with E-state index in [1.54, 1.807) is 0 Å². The highest BCUT2D eigenvalue weighted by molar-refractivity contribution is 7.89. The molecule has 0 unspecified atom stereocenters. The number of sulfonamides is 1. The van der Waals surface area contributed by atoms with Crippen LogP contribution >= 0.6 is 0 Å². The van der Waals surface area contributed by atoms with Crippen molar-refractivity contribution in [2.45, 2.75) is 0 Å². The van der Waals surface area contributed by atoms with Gasteiger partial charge in [-0.15, -0.1) is 0 Å². The second-order valence-electron chi connectivity index (χ2n) is 3.31. The van der Waals surface area contributed by atoms with Gasteiger partial charge in [-0.25, -0.2) is 13.6 Å². The molecule has 0 aliphatic rings. The number of nitrogens with two attached hydrogens (primary N) is 1. The van der Waals surface area contributed by atoms with Gasteiger partial charge in [-0.05, 0) is 6.07 Å². The Balaban J connectivity index is 2.80. The van der Waals surface area contributed by atoms with Crippen LogP contribution < -0.4 is 14.6 Å². The van der Waals surface area contributed by atoms with Crippen LogP contribution in [0.3, 0.4) is 0 Å². The highest BCUT2D eigenvalue weighted by Gasteiger charge is 2.13. The number of rotatable bonds is 6. The van der Waals surface area contributed by atoms with Gasteiger partial charge in [0.2, 0.25) is 10.0 Å². The lowest BCUT2D eigenvalue weighted by atomic mass is 10.3. The first-order valence-corrected chi connectivity index (χ1v) is 6.51. The summed E-state index contributed by atoms with van der Waals surface area (Å²) in [5.74, 6) is 0.0121. The van der Waals surface area contributed by atoms with E-state index < -0.39 is 14.9 Å². The number of nitro groups is 1. The van der Waals surface area contributed by atoms with E-state index in [4.69, 9.17) is 14.6 Å². The fourth-order valence-corrected chi connectivity index (χ4v) is 1.47. The molecule has 2 N–H and O–H groups in total. The predicted molar refractivity (Wildman–Crippen MR) is 63.1 cm³/mol. The van der Waals surface area contributed by atoms with Crippen LogP contribution in [0.5, 0.6) is 11.5 Å². The molecule has 0 bridgehead atoms. The first-order valence-electron chi connectivity index (χ1n) is 4.79. The van der Waals surface area contributed by atoms with E-state index in [1.807, 2.05) is 0 Å². The zero-order chi connectivity index (χ0) is 13.8. The lowest BCUT2D eigenvalue weighted by Gasteiger charge is -2.09. The molecule has 1 aromatic carbocycles. The van der Waals surface area contributed by atoms with Gasteiger partial charge in [-0.3, -0.25) is 10.1 Å². The number of benzene rings is 1. The topological polar surface area (TPSA) is 122 Å². The lowest BCUT2D eigenvalue weighted by molar-refractivity contribution is -0.384. The Morgan fingerprint density at radius 1 is 1.39 bits per heavy atom. The minimum Gasteiger partial charge on any atom is -0.493 e. The minimum atomic E-state index is -3.61. The zero-order valence-corrected chi connectivity index (χ0v) is 10.3. The Morgan fingerprint density at radius 3 is 2.56 bits per heavy atom. The van der Waals surface area contributed by atoms with Crippen molar-refractivity contribution in [2.75, 3.05) is 19.5 Å². The zero-order valence-electron chi connectivity index (χ0n) is 9.53. The van der Waals surface area contributed by atoms with Crippen molar-refractivity contribution >= 4 is 15.7 Å². The number of primary sulfonamides is 1. The van der Waals surface area contributed by atoms with Crippen LogP contribution in [0.25, 0.3) is 0 Å². The third-order valence-electron chi connectivity index (χ3n) is 1.98. The van der Waals surface area contributed by atoms with Gasteiger partial charge in [0, 0.05) is 6.07 Å². The van der Waals surface area contributed by atoms with Crippen LogP contribution in [0, 0.1) is 10.1 Å². The average molecular weight is 276 g/mol. The van der Waals surface area contributed by atoms with Crippen LogP contribution in [0.4, 0.5) is 5.69 Å². The summed E-state index contributed by atoms with van der Waals surface area (Å²) >= 11 is 0. The van der Waals surface area contributed by atoms with E-state index in [-0.39, 0.29) is 29.5 Å². The van der Waals surface area contributed by atoms with Gasteiger partial charge < -0.3 is 9.47 Å². The Bertz CT molecular complexity index is 542. The number of ether oxygens (including phenoxy) is 2. The summed E-state index contributed by atoms with van der Waals surface area (Å²) in [6.07, 6.45) is 0. The van der Waals surface area contributed by atoms with Crippen LogP contribution in [0.2, 0.25) is 0 Å². The fourth-order valence-electron chi connectivity index (χ4n) is 1.16. The number of hydrogen-bond donors (Lipinski definition) is 1. The number of hydrogen-bond acceptors (Lipinski definition) is 6. The molecule has 0 aliphatic heterocycles. The molecule has 0 amide bonds. The van der Waals surface area contributed by atoms with E-state index in [0.29, 0.717) is 0 Å². The Kier molecular flexibility index (Phi) is 4.45. The predicted octanol–water partition coefficient (Wildman–Crippen LogP) is 0.271. The summed E-state index contributed by atoms with van der Waals surface area (Å²) in [5, 5.41) is 15.3. The quantitative estimate of drug-likeness (QED) is 0.587. The third kappa shape index (κ3) is 4.18. The minimum absolute atomic E-state index is 0.148. The Morgan fingerprint density at radius 2 is 2.06 bits per heavy atom. The summed E-state index contributed by atoms with van der Waals surface area (Å²) in [7, 11) is -2.28. The summed E-state index contributed by atoms with van der Waals surface area (Å²) in [6.45, 7) is -0.160. The standard InChI is InChI=1S/C9H12N2O6S/c1-16-9-6-7(11(12)13)2-3-8(9)17-4-5-18(10,14)15/h2-3,6H,4-5H2,1H3,(H2,10,14,15). The molecule has 0 spiro atoms. The van der Waals surface area contributed by atoms with Crippen molar-refractivity contribution in [1.82, 2.24) is 0 Å². The van der Waals surface area contributed by atoms with E-state index in [1.165, 1.54) is 25.3 Å². The van der Waals surface area contributed by atoms with Gasteiger partial charge in [0.25, 0.3) is 5.69 Å². The van der Waals surface area contributed by atoms with E-state index in [2.05, 4.69) is 0 Å². The van der Waals surface area contributed by atoms with Gasteiger partial charge in [0.15, 0.2) is 11.5 Å². The van der Waals surface area contributed by atoms with Crippen LogP contribution in [0.15, 0.2) is 18.2 Å². The highest BCUT2D eigenvalue weighted by Crippen LogP contribution is 2.30. The number of nitro benzene ring substituents is 1. The SMILES string of the molecule is COc1cc([N+](=O)[O-])ccc1OCCS(N)(=O)=O. The first-order chi connectivity index (χ1) is 8.33. The monoisotopic (exact) mass is 276 g/mol. The smallest absolute Gasteiger partial charge is 0.273 e. The lowest BCUT2D eigenvalue weighted by Crippen LogP contribution is -2.21. The molecule has 0 saturated carbocycles. The third-order valence-corrected chi connectivity index (χ3v) is 2.72. The summed E-state index contributed by atoms with van der Waals surface area (Å²) in [5.41, 5.74) is -0.148. The summed E-state index contributed by atoms with van der Waals surface area (Å²) < 4.78 is 31.4. The second kappa shape index (κ2) is 5.65. The second-order valence-corrected chi connectivity index (χ2v) is 5.04. The Labute approximate surface area is 104 Å². The van der Waals surface area contributed by atoms with Crippen molar-refractivity contribution < 1.29 is 22.8 Å². The van der Waals surface area contributed by atoms with Crippen molar-refractivity contribution in [2.24, 2.45) is 5.14 Å². The molecule has 1 rings (SSSR count). The highest BCUT2D eigenvalue weighted by atomic mass is 32.2. The van der Waals surface area contributed by atoms with Crippen LogP contribution in [-0.4, -0.2) is 32.8 Å². The van der Waals surface area contributed by atoms with E-state index >= 15 is 0 Å². The summed E-state index contributed by atoms with van der Waals surface area (Å²) in [6, 6.07) is 3.75. The molecule has 18 heavy (non-hydrogen) atoms. The number of non-ortho nitro benzene ring substituents is 1. The maximum atomic E-state index is 10.7. The fraction of sp³-hybridized carbons (Fsp3) is 0.333. The van der Waals surface area contributed by atoms with Gasteiger partial charge in [-0.2, -0.15) is 0 Å². The molecular formula is C9H12N2O6S. The number of methoxy groups -OCH3 is 1.